The van der Waals surface area contributed by atoms with Gasteiger partial charge in [0.05, 0.1) is 7.11 Å². The number of ether oxygens (including phenoxy) is 1. The topological polar surface area (TPSA) is 29.5 Å². The Morgan fingerprint density at radius 1 is 1.05 bits per heavy atom. The SMILES string of the molecule is COc1ccc(-c2cc(-c3ccccc3)[s+]s2)c(O)c1. The fourth-order valence-electron chi connectivity index (χ4n) is 1.96. The first kappa shape index (κ1) is 13.1. The summed E-state index contributed by atoms with van der Waals surface area (Å²) in [5, 5.41) is 10.1. The number of hydrogen-bond acceptors (Lipinski definition) is 3. The molecule has 0 atom stereocenters. The second-order valence-electron chi connectivity index (χ2n) is 4.29. The second kappa shape index (κ2) is 5.61. The maximum absolute atomic E-state index is 10.1. The van der Waals surface area contributed by atoms with Crippen LogP contribution in [0.1, 0.15) is 0 Å². The van der Waals surface area contributed by atoms with E-state index in [1.54, 1.807) is 33.9 Å². The second-order valence-corrected chi connectivity index (χ2v) is 6.50. The average molecular weight is 301 g/mol. The Bertz CT molecular complexity index is 720. The predicted octanol–water partition coefficient (Wildman–Crippen LogP) is 5.14. The summed E-state index contributed by atoms with van der Waals surface area (Å²) >= 11 is 0. The fourth-order valence-corrected chi connectivity index (χ4v) is 4.43. The zero-order chi connectivity index (χ0) is 13.9. The van der Waals surface area contributed by atoms with Gasteiger partial charge in [0.15, 0.2) is 10.3 Å². The third-order valence-electron chi connectivity index (χ3n) is 3.01. The molecular formula is C16H13O2S2+. The van der Waals surface area contributed by atoms with Gasteiger partial charge in [0.25, 0.3) is 4.88 Å². The van der Waals surface area contributed by atoms with Crippen molar-refractivity contribution in [2.75, 3.05) is 7.11 Å². The third-order valence-corrected chi connectivity index (χ3v) is 5.47. The molecule has 1 N–H and O–H groups in total. The fraction of sp³-hybridized carbons (Fsp3) is 0.0625. The molecule has 0 spiro atoms. The van der Waals surface area contributed by atoms with Crippen LogP contribution in [0.5, 0.6) is 11.5 Å². The maximum atomic E-state index is 10.1. The monoisotopic (exact) mass is 301 g/mol. The lowest BCUT2D eigenvalue weighted by Gasteiger charge is -2.03. The number of phenolic OH excluding ortho intramolecular Hbond substituents is 1. The molecule has 0 bridgehead atoms. The molecule has 3 rings (SSSR count). The molecule has 3 aromatic rings. The number of methoxy groups -OCH3 is 1. The highest BCUT2D eigenvalue weighted by Crippen LogP contribution is 2.41. The molecule has 1 heterocycles. The van der Waals surface area contributed by atoms with Crippen LogP contribution in [0, 0.1) is 0 Å². The molecule has 0 radical (unpaired) electrons. The lowest BCUT2D eigenvalue weighted by atomic mass is 10.1. The first-order valence-electron chi connectivity index (χ1n) is 6.14. The lowest BCUT2D eigenvalue weighted by molar-refractivity contribution is 0.408. The molecule has 2 aromatic carbocycles. The van der Waals surface area contributed by atoms with Gasteiger partial charge in [-0.3, -0.25) is 0 Å². The molecule has 0 aliphatic carbocycles. The summed E-state index contributed by atoms with van der Waals surface area (Å²) in [7, 11) is 4.97. The quantitative estimate of drug-likeness (QED) is 0.536. The molecule has 20 heavy (non-hydrogen) atoms. The predicted molar refractivity (Wildman–Crippen MR) is 85.7 cm³/mol. The number of phenols is 1. The van der Waals surface area contributed by atoms with E-state index in [1.165, 1.54) is 10.4 Å². The Hall–Kier alpha value is -1.91. The van der Waals surface area contributed by atoms with Crippen molar-refractivity contribution in [3.05, 3.63) is 54.6 Å². The molecule has 0 amide bonds. The summed E-state index contributed by atoms with van der Waals surface area (Å²) in [6.45, 7) is 0. The third kappa shape index (κ3) is 2.53. The molecule has 0 saturated carbocycles. The first-order chi connectivity index (χ1) is 9.78. The Morgan fingerprint density at radius 3 is 2.55 bits per heavy atom. The highest BCUT2D eigenvalue weighted by Gasteiger charge is 2.18. The first-order valence-corrected chi connectivity index (χ1v) is 8.29. The molecule has 2 nitrogen and oxygen atoms in total. The average Bonchev–Trinajstić information content (AvgIpc) is 2.97. The Kier molecular flexibility index (Phi) is 3.67. The van der Waals surface area contributed by atoms with Crippen LogP contribution in [0.2, 0.25) is 0 Å². The summed E-state index contributed by atoms with van der Waals surface area (Å²) in [6, 6.07) is 17.8. The molecule has 0 fully saturated rings. The highest BCUT2D eigenvalue weighted by molar-refractivity contribution is 7.72. The van der Waals surface area contributed by atoms with Gasteiger partial charge >= 0.3 is 10.3 Å². The van der Waals surface area contributed by atoms with Gasteiger partial charge in [0.1, 0.15) is 16.4 Å². The van der Waals surface area contributed by atoms with Crippen molar-refractivity contribution < 1.29 is 9.84 Å². The van der Waals surface area contributed by atoms with Crippen LogP contribution < -0.4 is 4.74 Å². The Labute approximate surface area is 124 Å². The molecule has 0 saturated heterocycles. The Morgan fingerprint density at radius 2 is 1.85 bits per heavy atom. The minimum absolute atomic E-state index is 0.248. The van der Waals surface area contributed by atoms with Gasteiger partial charge in [0.2, 0.25) is 0 Å². The summed E-state index contributed by atoms with van der Waals surface area (Å²) in [4.78, 5) is 2.27. The van der Waals surface area contributed by atoms with Crippen LogP contribution >= 0.6 is 20.7 Å². The standard InChI is InChI=1S/C16H12O2S2/c1-18-12-7-8-13(14(17)9-12)16-10-15(19-20-16)11-5-3-2-4-6-11/h2-10H,1H3/p+1. The van der Waals surface area contributed by atoms with E-state index in [2.05, 4.69) is 18.2 Å². The van der Waals surface area contributed by atoms with Gasteiger partial charge in [-0.1, -0.05) is 18.2 Å². The van der Waals surface area contributed by atoms with E-state index < -0.39 is 0 Å². The number of hydrogen-bond donors (Lipinski definition) is 1. The van der Waals surface area contributed by atoms with Crippen LogP contribution in [-0.4, -0.2) is 12.2 Å². The van der Waals surface area contributed by atoms with Crippen LogP contribution in [0.15, 0.2) is 54.6 Å². The van der Waals surface area contributed by atoms with Gasteiger partial charge in [-0.2, -0.15) is 0 Å². The van der Waals surface area contributed by atoms with Crippen LogP contribution in [0.4, 0.5) is 0 Å². The molecule has 1 aromatic heterocycles. The summed E-state index contributed by atoms with van der Waals surface area (Å²) in [5.74, 6) is 0.910. The van der Waals surface area contributed by atoms with E-state index in [4.69, 9.17) is 4.74 Å². The van der Waals surface area contributed by atoms with E-state index in [0.717, 1.165) is 10.4 Å². The maximum Gasteiger partial charge on any atom is 0.301 e. The number of rotatable bonds is 3. The van der Waals surface area contributed by atoms with Crippen LogP contribution in [-0.2, 0) is 0 Å². The van der Waals surface area contributed by atoms with Gasteiger partial charge in [-0.15, -0.1) is 0 Å². The van der Waals surface area contributed by atoms with E-state index >= 15 is 0 Å². The van der Waals surface area contributed by atoms with Crippen molar-refractivity contribution in [2.45, 2.75) is 0 Å². The van der Waals surface area contributed by atoms with Gasteiger partial charge in [-0.25, -0.2) is 0 Å². The summed E-state index contributed by atoms with van der Waals surface area (Å²) in [6.07, 6.45) is 0. The van der Waals surface area contributed by atoms with Gasteiger partial charge < -0.3 is 9.84 Å². The number of aromatic hydroxyl groups is 1. The lowest BCUT2D eigenvalue weighted by Crippen LogP contribution is -1.82. The molecule has 0 unspecified atom stereocenters. The van der Waals surface area contributed by atoms with Crippen LogP contribution in [0.3, 0.4) is 0 Å². The summed E-state index contributed by atoms with van der Waals surface area (Å²) in [5.41, 5.74) is 2.04. The van der Waals surface area contributed by atoms with E-state index in [1.807, 2.05) is 30.3 Å². The van der Waals surface area contributed by atoms with Crippen molar-refractivity contribution in [2.24, 2.45) is 0 Å². The van der Waals surface area contributed by atoms with Crippen molar-refractivity contribution in [1.82, 2.24) is 0 Å². The Balaban J connectivity index is 1.98. The molecular weight excluding hydrogens is 288 g/mol. The van der Waals surface area contributed by atoms with Crippen molar-refractivity contribution in [3.63, 3.8) is 0 Å². The van der Waals surface area contributed by atoms with Crippen molar-refractivity contribution >= 4 is 20.7 Å². The number of benzene rings is 2. The van der Waals surface area contributed by atoms with E-state index in [-0.39, 0.29) is 5.75 Å². The van der Waals surface area contributed by atoms with Crippen molar-refractivity contribution in [3.8, 4) is 32.4 Å². The van der Waals surface area contributed by atoms with Crippen LogP contribution in [0.25, 0.3) is 20.9 Å². The molecule has 100 valence electrons. The van der Waals surface area contributed by atoms with Gasteiger partial charge in [0, 0.05) is 23.3 Å². The van der Waals surface area contributed by atoms with E-state index in [9.17, 15) is 5.11 Å². The van der Waals surface area contributed by atoms with Gasteiger partial charge in [-0.05, 0) is 24.3 Å². The normalized spacial score (nSPS) is 10.4. The van der Waals surface area contributed by atoms with E-state index in [0.29, 0.717) is 5.75 Å². The molecule has 0 aliphatic rings. The zero-order valence-corrected chi connectivity index (χ0v) is 12.5. The minimum atomic E-state index is 0.248. The highest BCUT2D eigenvalue weighted by atomic mass is 32.9. The zero-order valence-electron chi connectivity index (χ0n) is 10.9. The smallest absolute Gasteiger partial charge is 0.301 e. The minimum Gasteiger partial charge on any atom is -0.507 e. The molecule has 0 aliphatic heterocycles. The molecule has 4 heteroatoms. The summed E-state index contributed by atoms with van der Waals surface area (Å²) < 4.78 is 5.11. The largest absolute Gasteiger partial charge is 0.507 e. The van der Waals surface area contributed by atoms with Crippen molar-refractivity contribution in [1.29, 1.82) is 0 Å².